The van der Waals surface area contributed by atoms with Crippen molar-refractivity contribution < 1.29 is 4.74 Å². The van der Waals surface area contributed by atoms with E-state index in [1.54, 1.807) is 6.07 Å². The van der Waals surface area contributed by atoms with Gasteiger partial charge in [-0.15, -0.1) is 0 Å². The highest BCUT2D eigenvalue weighted by Crippen LogP contribution is 2.28. The molecule has 4 aromatic rings. The van der Waals surface area contributed by atoms with Crippen LogP contribution in [0.25, 0.3) is 16.8 Å². The molecule has 0 aliphatic heterocycles. The fraction of sp³-hybridized carbons (Fsp3) is 0.182. The first-order valence-electron chi connectivity index (χ1n) is 9.13. The van der Waals surface area contributed by atoms with Gasteiger partial charge < -0.3 is 4.74 Å². The van der Waals surface area contributed by atoms with Crippen LogP contribution in [0.2, 0.25) is 0 Å². The first kappa shape index (κ1) is 17.1. The van der Waals surface area contributed by atoms with E-state index in [2.05, 4.69) is 12.0 Å². The third-order valence-electron chi connectivity index (χ3n) is 4.44. The molecule has 0 bridgehead atoms. The Morgan fingerprint density at radius 3 is 2.44 bits per heavy atom. The van der Waals surface area contributed by atoms with Crippen LogP contribution >= 0.6 is 0 Å². The number of H-pyrrole nitrogens is 1. The maximum absolute atomic E-state index is 12.6. The minimum atomic E-state index is -0.105. The Labute approximate surface area is 157 Å². The van der Waals surface area contributed by atoms with Crippen LogP contribution in [0, 0.1) is 0 Å². The number of rotatable bonds is 6. The molecule has 5 heteroatoms. The van der Waals surface area contributed by atoms with Gasteiger partial charge in [0.2, 0.25) is 0 Å². The Morgan fingerprint density at radius 1 is 1.04 bits per heavy atom. The average molecular weight is 359 g/mol. The predicted octanol–water partition coefficient (Wildman–Crippen LogP) is 4.22. The molecule has 0 spiro atoms. The Hall–Kier alpha value is -3.34. The van der Waals surface area contributed by atoms with Gasteiger partial charge in [0, 0.05) is 11.8 Å². The third kappa shape index (κ3) is 3.49. The summed E-state index contributed by atoms with van der Waals surface area (Å²) in [7, 11) is 0. The third-order valence-corrected chi connectivity index (χ3v) is 4.44. The highest BCUT2D eigenvalue weighted by atomic mass is 16.5. The van der Waals surface area contributed by atoms with Crippen molar-refractivity contribution in [2.75, 3.05) is 0 Å². The standard InChI is InChI=1S/C22H21N3O2/c1-2-9-17-14-20(26)25-22(23-17)21(16-10-5-3-6-11-16)19(24-25)15-27-18-12-7-4-8-13-18/h3-8,10-14,24H,2,9,15H2,1H3. The van der Waals surface area contributed by atoms with E-state index in [-0.39, 0.29) is 5.56 Å². The van der Waals surface area contributed by atoms with Crippen LogP contribution in [0.5, 0.6) is 5.75 Å². The summed E-state index contributed by atoms with van der Waals surface area (Å²) in [5, 5.41) is 3.19. The fourth-order valence-corrected chi connectivity index (χ4v) is 3.20. The van der Waals surface area contributed by atoms with Crippen molar-refractivity contribution in [3.63, 3.8) is 0 Å². The topological polar surface area (TPSA) is 59.4 Å². The van der Waals surface area contributed by atoms with Crippen molar-refractivity contribution in [2.24, 2.45) is 0 Å². The molecule has 0 saturated heterocycles. The van der Waals surface area contributed by atoms with Crippen molar-refractivity contribution in [1.29, 1.82) is 0 Å². The van der Waals surface area contributed by atoms with Crippen LogP contribution in [0.1, 0.15) is 24.7 Å². The summed E-state index contributed by atoms with van der Waals surface area (Å²) in [4.78, 5) is 17.4. The lowest BCUT2D eigenvalue weighted by molar-refractivity contribution is 0.301. The summed E-state index contributed by atoms with van der Waals surface area (Å²) in [6.07, 6.45) is 1.72. The first-order valence-corrected chi connectivity index (χ1v) is 9.13. The lowest BCUT2D eigenvalue weighted by Crippen LogP contribution is -2.15. The van der Waals surface area contributed by atoms with Crippen molar-refractivity contribution >= 4 is 5.65 Å². The van der Waals surface area contributed by atoms with E-state index >= 15 is 0 Å². The van der Waals surface area contributed by atoms with Crippen molar-refractivity contribution in [3.05, 3.63) is 88.5 Å². The summed E-state index contributed by atoms with van der Waals surface area (Å²) in [6.45, 7) is 2.40. The number of benzene rings is 2. The lowest BCUT2D eigenvalue weighted by atomic mass is 10.1. The van der Waals surface area contributed by atoms with E-state index in [1.165, 1.54) is 4.52 Å². The first-order chi connectivity index (χ1) is 13.3. The van der Waals surface area contributed by atoms with Crippen molar-refractivity contribution in [1.82, 2.24) is 14.6 Å². The number of fused-ring (bicyclic) bond motifs is 1. The second-order valence-electron chi connectivity index (χ2n) is 6.43. The molecule has 27 heavy (non-hydrogen) atoms. The van der Waals surface area contributed by atoms with Gasteiger partial charge in [-0.2, -0.15) is 0 Å². The monoisotopic (exact) mass is 359 g/mol. The highest BCUT2D eigenvalue weighted by Gasteiger charge is 2.17. The zero-order valence-electron chi connectivity index (χ0n) is 15.2. The van der Waals surface area contributed by atoms with E-state index in [9.17, 15) is 4.79 Å². The molecule has 2 aromatic heterocycles. The van der Waals surface area contributed by atoms with Gasteiger partial charge in [-0.3, -0.25) is 9.89 Å². The number of para-hydroxylation sites is 1. The molecule has 0 amide bonds. The molecule has 0 aliphatic rings. The number of nitrogens with zero attached hydrogens (tertiary/aromatic N) is 2. The van der Waals surface area contributed by atoms with Gasteiger partial charge in [-0.1, -0.05) is 61.9 Å². The summed E-state index contributed by atoms with van der Waals surface area (Å²) >= 11 is 0. The summed E-state index contributed by atoms with van der Waals surface area (Å²) in [6, 6.07) is 21.2. The molecule has 2 aromatic carbocycles. The largest absolute Gasteiger partial charge is 0.487 e. The molecular formula is C22H21N3O2. The molecule has 4 rings (SSSR count). The Bertz CT molecular complexity index is 1100. The fourth-order valence-electron chi connectivity index (χ4n) is 3.20. The van der Waals surface area contributed by atoms with Crippen molar-refractivity contribution in [3.8, 4) is 16.9 Å². The minimum absolute atomic E-state index is 0.105. The number of hydrogen-bond acceptors (Lipinski definition) is 3. The zero-order chi connectivity index (χ0) is 18.6. The summed E-state index contributed by atoms with van der Waals surface area (Å²) in [5.41, 5.74) is 4.08. The smallest absolute Gasteiger partial charge is 0.272 e. The Balaban J connectivity index is 1.84. The van der Waals surface area contributed by atoms with Crippen LogP contribution < -0.4 is 10.3 Å². The van der Waals surface area contributed by atoms with Gasteiger partial charge in [0.1, 0.15) is 12.4 Å². The highest BCUT2D eigenvalue weighted by molar-refractivity contribution is 5.79. The van der Waals surface area contributed by atoms with Gasteiger partial charge in [-0.25, -0.2) is 9.50 Å². The number of aromatic nitrogens is 3. The number of nitrogens with one attached hydrogen (secondary N) is 1. The van der Waals surface area contributed by atoms with E-state index in [4.69, 9.17) is 9.72 Å². The van der Waals surface area contributed by atoms with E-state index in [0.29, 0.717) is 12.3 Å². The molecule has 2 heterocycles. The molecule has 0 unspecified atom stereocenters. The van der Waals surface area contributed by atoms with Gasteiger partial charge in [-0.05, 0) is 24.1 Å². The minimum Gasteiger partial charge on any atom is -0.487 e. The van der Waals surface area contributed by atoms with Gasteiger partial charge in [0.05, 0.1) is 11.3 Å². The number of ether oxygens (including phenoxy) is 1. The second-order valence-corrected chi connectivity index (χ2v) is 6.43. The molecule has 0 saturated carbocycles. The van der Waals surface area contributed by atoms with Crippen molar-refractivity contribution in [2.45, 2.75) is 26.4 Å². The van der Waals surface area contributed by atoms with Crippen LogP contribution in [0.4, 0.5) is 0 Å². The molecule has 0 fully saturated rings. The van der Waals surface area contributed by atoms with E-state index < -0.39 is 0 Å². The SMILES string of the molecule is CCCc1cc(=O)n2[nH]c(COc3ccccc3)c(-c3ccccc3)c2n1. The summed E-state index contributed by atoms with van der Waals surface area (Å²) < 4.78 is 7.43. The van der Waals surface area contributed by atoms with Crippen LogP contribution in [-0.4, -0.2) is 14.6 Å². The summed E-state index contributed by atoms with van der Waals surface area (Å²) in [5.74, 6) is 0.780. The zero-order valence-corrected chi connectivity index (χ0v) is 15.2. The van der Waals surface area contributed by atoms with Gasteiger partial charge in [0.15, 0.2) is 5.65 Å². The van der Waals surface area contributed by atoms with Gasteiger partial charge >= 0.3 is 0 Å². The van der Waals surface area contributed by atoms with Crippen LogP contribution in [-0.2, 0) is 13.0 Å². The van der Waals surface area contributed by atoms with Crippen LogP contribution in [0.15, 0.2) is 71.5 Å². The molecule has 136 valence electrons. The normalized spacial score (nSPS) is 11.0. The second kappa shape index (κ2) is 7.50. The molecule has 5 nitrogen and oxygen atoms in total. The van der Waals surface area contributed by atoms with E-state index in [0.717, 1.165) is 41.1 Å². The molecule has 0 radical (unpaired) electrons. The van der Waals surface area contributed by atoms with Gasteiger partial charge in [0.25, 0.3) is 5.56 Å². The maximum atomic E-state index is 12.6. The number of hydrogen-bond donors (Lipinski definition) is 1. The number of aromatic amines is 1. The Morgan fingerprint density at radius 2 is 1.74 bits per heavy atom. The maximum Gasteiger partial charge on any atom is 0.272 e. The van der Waals surface area contributed by atoms with Crippen LogP contribution in [0.3, 0.4) is 0 Å². The van der Waals surface area contributed by atoms with E-state index in [1.807, 2.05) is 60.7 Å². The Kier molecular flexibility index (Phi) is 4.75. The molecule has 0 atom stereocenters. The average Bonchev–Trinajstić information content (AvgIpc) is 3.07. The molecule has 1 N–H and O–H groups in total. The predicted molar refractivity (Wildman–Crippen MR) is 106 cm³/mol. The lowest BCUT2D eigenvalue weighted by Gasteiger charge is -2.07. The quantitative estimate of drug-likeness (QED) is 0.561. The molecular weight excluding hydrogens is 338 g/mol. The number of aryl methyl sites for hydroxylation is 1. The molecule has 0 aliphatic carbocycles.